The summed E-state index contributed by atoms with van der Waals surface area (Å²) >= 11 is 7.70. The molecule has 222 valence electrons. The lowest BCUT2D eigenvalue weighted by molar-refractivity contribution is -0.142. The van der Waals surface area contributed by atoms with E-state index in [1.807, 2.05) is 24.5 Å². The molecule has 1 aromatic carbocycles. The number of allylic oxidation sites excluding steroid dienone is 1. The molecule has 6 heterocycles. The number of benzene rings is 1. The fourth-order valence-electron chi connectivity index (χ4n) is 6.40. The Morgan fingerprint density at radius 2 is 2.09 bits per heavy atom. The van der Waals surface area contributed by atoms with Gasteiger partial charge in [-0.1, -0.05) is 11.6 Å². The van der Waals surface area contributed by atoms with Crippen molar-refractivity contribution in [2.24, 2.45) is 0 Å². The fourth-order valence-corrected chi connectivity index (χ4v) is 7.82. The Balaban J connectivity index is 1.15. The van der Waals surface area contributed by atoms with E-state index < -0.39 is 10.7 Å². The summed E-state index contributed by atoms with van der Waals surface area (Å²) in [5.74, 6) is -0.141. The molecular weight excluding hydrogens is 592 g/mol. The number of carboxylic acid groups (broad SMARTS) is 1. The number of aromatic nitrogens is 7. The summed E-state index contributed by atoms with van der Waals surface area (Å²) in [5.41, 5.74) is 4.64. The third-order valence-electron chi connectivity index (χ3n) is 8.75. The molecule has 0 aliphatic carbocycles. The van der Waals surface area contributed by atoms with Gasteiger partial charge in [0.15, 0.2) is 0 Å². The minimum absolute atomic E-state index is 0.143. The van der Waals surface area contributed by atoms with Gasteiger partial charge in [0, 0.05) is 47.9 Å². The van der Waals surface area contributed by atoms with Gasteiger partial charge in [-0.2, -0.15) is 4.68 Å². The van der Waals surface area contributed by atoms with Crippen LogP contribution in [0.25, 0.3) is 22.4 Å². The summed E-state index contributed by atoms with van der Waals surface area (Å²) < 4.78 is 7.81. The highest BCUT2D eigenvalue weighted by Crippen LogP contribution is 2.48. The zero-order valence-corrected chi connectivity index (χ0v) is 24.9. The number of aromatic amines is 1. The van der Waals surface area contributed by atoms with E-state index in [0.717, 1.165) is 28.1 Å². The maximum absolute atomic E-state index is 13.6. The number of hydrogen-bond donors (Lipinski definition) is 2. The van der Waals surface area contributed by atoms with Gasteiger partial charge in [-0.05, 0) is 71.0 Å². The molecule has 1 saturated heterocycles. The van der Waals surface area contributed by atoms with E-state index in [0.29, 0.717) is 62.1 Å². The second kappa shape index (κ2) is 11.1. The number of aryl methyl sites for hydroxylation is 1. The molecule has 3 aromatic heterocycles. The molecule has 12 nitrogen and oxygen atoms in total. The predicted octanol–water partition coefficient (Wildman–Crippen LogP) is 3.43. The molecule has 0 spiro atoms. The van der Waals surface area contributed by atoms with Gasteiger partial charge >= 0.3 is 5.97 Å². The smallest absolute Gasteiger partial charge is 0.322 e. The van der Waals surface area contributed by atoms with Crippen molar-refractivity contribution < 1.29 is 14.6 Å². The summed E-state index contributed by atoms with van der Waals surface area (Å²) in [6.07, 6.45) is 5.03. The molecule has 14 heteroatoms. The van der Waals surface area contributed by atoms with Crippen LogP contribution in [0, 0.1) is 0 Å². The number of ether oxygens (including phenoxy) is 1. The Kier molecular flexibility index (Phi) is 7.20. The van der Waals surface area contributed by atoms with Gasteiger partial charge in [0.2, 0.25) is 0 Å². The van der Waals surface area contributed by atoms with Gasteiger partial charge in [0.1, 0.15) is 16.9 Å². The first-order valence-corrected chi connectivity index (χ1v) is 15.4. The highest BCUT2D eigenvalue weighted by Gasteiger charge is 2.50. The van der Waals surface area contributed by atoms with E-state index in [2.05, 4.69) is 30.4 Å². The number of pyridine rings is 1. The number of imidazole rings is 1. The van der Waals surface area contributed by atoms with Gasteiger partial charge < -0.3 is 19.4 Å². The lowest BCUT2D eigenvalue weighted by Crippen LogP contribution is -2.55. The van der Waals surface area contributed by atoms with Gasteiger partial charge in [0.05, 0.1) is 36.8 Å². The highest BCUT2D eigenvalue weighted by molar-refractivity contribution is 8.04. The van der Waals surface area contributed by atoms with Crippen LogP contribution in [0.4, 0.5) is 0 Å². The number of morpholine rings is 1. The van der Waals surface area contributed by atoms with Gasteiger partial charge in [0.25, 0.3) is 5.56 Å². The number of rotatable bonds is 7. The Hall–Kier alpha value is -3.78. The molecule has 2 unspecified atom stereocenters. The predicted molar refractivity (Wildman–Crippen MR) is 161 cm³/mol. The first-order valence-electron chi connectivity index (χ1n) is 14.1. The topological polar surface area (TPSA) is 144 Å². The van der Waals surface area contributed by atoms with Crippen molar-refractivity contribution >= 4 is 34.9 Å². The van der Waals surface area contributed by atoms with Crippen molar-refractivity contribution in [3.05, 3.63) is 80.9 Å². The minimum atomic E-state index is -0.993. The maximum atomic E-state index is 13.6. The number of carboxylic acids is 1. The second-order valence-electron chi connectivity index (χ2n) is 11.1. The van der Waals surface area contributed by atoms with Gasteiger partial charge in [-0.25, -0.2) is 4.98 Å². The lowest BCUT2D eigenvalue weighted by Gasteiger charge is -2.40. The van der Waals surface area contributed by atoms with Crippen LogP contribution in [0.5, 0.6) is 0 Å². The molecule has 2 N–H and O–H groups in total. The molecule has 43 heavy (non-hydrogen) atoms. The van der Waals surface area contributed by atoms with Crippen molar-refractivity contribution in [2.45, 2.75) is 43.0 Å². The molecule has 1 fully saturated rings. The number of fused-ring (bicyclic) bond motifs is 1. The van der Waals surface area contributed by atoms with E-state index in [1.54, 1.807) is 33.6 Å². The standard InChI is InChI=1S/C29H29ClN8O4S/c1-17(36-6-8-42-9-7-36)29(28(40)41)13-19(15-43-29)23-14-31-27(33-23)25-5-3-21-10-18(11-26(39)38(21)25)22-12-20(30)2-4-24(22)37-16-32-34-35-37/h2,4,10-12,14-17,25H,3,5-9,13H2,1H3,(H,31,33)(H,40,41)/t17?,25-,29?/m0/s1. The normalized spacial score (nSPS) is 22.8. The zero-order valence-electron chi connectivity index (χ0n) is 23.3. The number of H-pyrrole nitrogens is 1. The molecule has 3 atom stereocenters. The summed E-state index contributed by atoms with van der Waals surface area (Å²) in [4.78, 5) is 36.5. The van der Waals surface area contributed by atoms with Crippen LogP contribution in [-0.2, 0) is 16.0 Å². The average molecular weight is 621 g/mol. The van der Waals surface area contributed by atoms with E-state index in [-0.39, 0.29) is 17.6 Å². The molecule has 7 rings (SSSR count). The van der Waals surface area contributed by atoms with Crippen LogP contribution in [0.1, 0.15) is 43.0 Å². The van der Waals surface area contributed by atoms with Crippen molar-refractivity contribution in [3.8, 4) is 16.8 Å². The molecule has 0 amide bonds. The first-order chi connectivity index (χ1) is 20.8. The van der Waals surface area contributed by atoms with Crippen LogP contribution in [0.15, 0.2) is 53.1 Å². The number of tetrazole rings is 1. The van der Waals surface area contributed by atoms with E-state index in [9.17, 15) is 14.7 Å². The van der Waals surface area contributed by atoms with Crippen LogP contribution in [-0.4, -0.2) is 87.8 Å². The Morgan fingerprint density at radius 3 is 2.86 bits per heavy atom. The fraction of sp³-hybridized carbons (Fsp3) is 0.379. The van der Waals surface area contributed by atoms with Crippen LogP contribution in [0.2, 0.25) is 5.02 Å². The van der Waals surface area contributed by atoms with Crippen molar-refractivity contribution in [1.29, 1.82) is 0 Å². The van der Waals surface area contributed by atoms with Gasteiger partial charge in [-0.3, -0.25) is 14.5 Å². The lowest BCUT2D eigenvalue weighted by atomic mass is 9.90. The summed E-state index contributed by atoms with van der Waals surface area (Å²) in [5, 5.41) is 24.3. The number of thioether (sulfide) groups is 1. The van der Waals surface area contributed by atoms with E-state index in [1.165, 1.54) is 18.1 Å². The molecule has 4 aromatic rings. The van der Waals surface area contributed by atoms with E-state index in [4.69, 9.17) is 16.3 Å². The van der Waals surface area contributed by atoms with E-state index >= 15 is 0 Å². The highest BCUT2D eigenvalue weighted by atomic mass is 35.5. The molecule has 0 bridgehead atoms. The number of halogens is 1. The molecule has 3 aliphatic rings. The van der Waals surface area contributed by atoms with Crippen LogP contribution < -0.4 is 5.56 Å². The van der Waals surface area contributed by atoms with Crippen LogP contribution in [0.3, 0.4) is 0 Å². The Labute approximate surface area is 255 Å². The SMILES string of the molecule is CC(N1CCOCC1)C1(C(=O)O)CC(c2cnc([C@@H]3CCc4cc(-c5cc(Cl)ccc5-n5cnnn5)cc(=O)n43)[nH]2)=CS1. The summed E-state index contributed by atoms with van der Waals surface area (Å²) in [6, 6.07) is 8.57. The quantitative estimate of drug-likeness (QED) is 0.315. The molecule has 0 radical (unpaired) electrons. The molecule has 3 aliphatic heterocycles. The second-order valence-corrected chi connectivity index (χ2v) is 12.7. The van der Waals surface area contributed by atoms with Crippen LogP contribution >= 0.6 is 23.4 Å². The third kappa shape index (κ3) is 4.89. The number of nitrogens with one attached hydrogen (secondary N) is 1. The number of carbonyl (C=O) groups is 1. The monoisotopic (exact) mass is 620 g/mol. The maximum Gasteiger partial charge on any atom is 0.322 e. The van der Waals surface area contributed by atoms with Crippen molar-refractivity contribution in [2.75, 3.05) is 26.3 Å². The first kappa shape index (κ1) is 28.0. The summed E-state index contributed by atoms with van der Waals surface area (Å²) in [7, 11) is 0. The number of nitrogens with zero attached hydrogens (tertiary/aromatic N) is 7. The molecular formula is C29H29ClN8O4S. The summed E-state index contributed by atoms with van der Waals surface area (Å²) in [6.45, 7) is 4.64. The largest absolute Gasteiger partial charge is 0.480 e. The van der Waals surface area contributed by atoms with Crippen molar-refractivity contribution in [1.82, 2.24) is 39.6 Å². The average Bonchev–Trinajstić information content (AvgIpc) is 3.83. The molecule has 0 saturated carbocycles. The number of hydrogen-bond acceptors (Lipinski definition) is 9. The Morgan fingerprint density at radius 1 is 1.26 bits per heavy atom. The zero-order chi connectivity index (χ0) is 29.7. The minimum Gasteiger partial charge on any atom is -0.480 e. The van der Waals surface area contributed by atoms with Gasteiger partial charge in [-0.15, -0.1) is 16.9 Å². The third-order valence-corrected chi connectivity index (χ3v) is 10.5. The Bertz CT molecular complexity index is 1780. The number of aliphatic carboxylic acids is 1. The van der Waals surface area contributed by atoms with Crippen molar-refractivity contribution in [3.63, 3.8) is 0 Å².